The van der Waals surface area contributed by atoms with E-state index >= 15 is 0 Å². The summed E-state index contributed by atoms with van der Waals surface area (Å²) in [5.74, 6) is -0.129. The van der Waals surface area contributed by atoms with Gasteiger partial charge in [0.15, 0.2) is 0 Å². The smallest absolute Gasteiger partial charge is 0.267 e. The van der Waals surface area contributed by atoms with E-state index in [0.29, 0.717) is 10.6 Å². The Balaban J connectivity index is 2.11. The Morgan fingerprint density at radius 2 is 2.44 bits per heavy atom. The van der Waals surface area contributed by atoms with Gasteiger partial charge in [-0.05, 0) is 13.8 Å². The summed E-state index contributed by atoms with van der Waals surface area (Å²) < 4.78 is 1.76. The highest BCUT2D eigenvalue weighted by Crippen LogP contribution is 2.14. The van der Waals surface area contributed by atoms with Crippen LogP contribution in [0.3, 0.4) is 0 Å². The van der Waals surface area contributed by atoms with Gasteiger partial charge in [-0.15, -0.1) is 11.3 Å². The summed E-state index contributed by atoms with van der Waals surface area (Å²) >= 11 is 1.34. The number of amides is 1. The fraction of sp³-hybridized carbons (Fsp3) is 0.300. The summed E-state index contributed by atoms with van der Waals surface area (Å²) in [4.78, 5) is 16.5. The van der Waals surface area contributed by atoms with E-state index in [-0.39, 0.29) is 5.91 Å². The molecule has 1 N–H and O–H groups in total. The molecule has 84 valence electrons. The number of anilines is 1. The van der Waals surface area contributed by atoms with Gasteiger partial charge in [0, 0.05) is 12.7 Å². The lowest BCUT2D eigenvalue weighted by molar-refractivity contribution is 0.103. The summed E-state index contributed by atoms with van der Waals surface area (Å²) in [6.07, 6.45) is 3.44. The molecule has 0 atom stereocenters. The van der Waals surface area contributed by atoms with Crippen LogP contribution in [0.1, 0.15) is 22.3 Å². The molecule has 5 nitrogen and oxygen atoms in total. The largest absolute Gasteiger partial charge is 0.319 e. The van der Waals surface area contributed by atoms with Crippen LogP contribution in [0.15, 0.2) is 17.9 Å². The van der Waals surface area contributed by atoms with Gasteiger partial charge in [-0.3, -0.25) is 9.48 Å². The Bertz CT molecular complexity index is 502. The fourth-order valence-corrected chi connectivity index (χ4v) is 2.01. The Labute approximate surface area is 97.1 Å². The highest BCUT2D eigenvalue weighted by atomic mass is 32.1. The second-order valence-electron chi connectivity index (χ2n) is 3.31. The van der Waals surface area contributed by atoms with E-state index in [1.807, 2.05) is 13.8 Å². The first kappa shape index (κ1) is 10.8. The van der Waals surface area contributed by atoms with Crippen LogP contribution in [0, 0.1) is 6.92 Å². The van der Waals surface area contributed by atoms with Crippen molar-refractivity contribution in [3.8, 4) is 0 Å². The first-order valence-electron chi connectivity index (χ1n) is 4.94. The molecule has 0 aliphatic rings. The van der Waals surface area contributed by atoms with Crippen molar-refractivity contribution in [3.63, 3.8) is 0 Å². The predicted octanol–water partition coefficient (Wildman–Crippen LogP) is 1.92. The Morgan fingerprint density at radius 3 is 3.00 bits per heavy atom. The molecule has 2 aromatic rings. The molecule has 2 rings (SSSR count). The van der Waals surface area contributed by atoms with E-state index in [0.717, 1.165) is 12.2 Å². The van der Waals surface area contributed by atoms with Crippen molar-refractivity contribution in [2.45, 2.75) is 20.4 Å². The molecule has 1 amide bonds. The topological polar surface area (TPSA) is 59.8 Å². The molecule has 0 aliphatic heterocycles. The third-order valence-electron chi connectivity index (χ3n) is 2.17. The van der Waals surface area contributed by atoms with E-state index in [1.165, 1.54) is 11.3 Å². The van der Waals surface area contributed by atoms with E-state index < -0.39 is 0 Å². The van der Waals surface area contributed by atoms with Crippen molar-refractivity contribution in [3.05, 3.63) is 28.5 Å². The summed E-state index contributed by atoms with van der Waals surface area (Å²) in [6, 6.07) is 0. The van der Waals surface area contributed by atoms with E-state index in [4.69, 9.17) is 0 Å². The van der Waals surface area contributed by atoms with Crippen LogP contribution in [-0.4, -0.2) is 20.7 Å². The van der Waals surface area contributed by atoms with Crippen LogP contribution in [0.5, 0.6) is 0 Å². The second kappa shape index (κ2) is 4.44. The second-order valence-corrected chi connectivity index (χ2v) is 4.16. The average Bonchev–Trinajstić information content (AvgIpc) is 2.86. The van der Waals surface area contributed by atoms with E-state index in [9.17, 15) is 4.79 Å². The highest BCUT2D eigenvalue weighted by Gasteiger charge is 2.12. The number of carbonyl (C=O) groups is 1. The number of carbonyl (C=O) groups excluding carboxylic acids is 1. The van der Waals surface area contributed by atoms with Crippen molar-refractivity contribution in [2.24, 2.45) is 0 Å². The molecule has 2 aromatic heterocycles. The molecule has 0 fully saturated rings. The average molecular weight is 236 g/mol. The Morgan fingerprint density at radius 1 is 1.62 bits per heavy atom. The number of aryl methyl sites for hydroxylation is 2. The maximum atomic E-state index is 11.8. The fourth-order valence-electron chi connectivity index (χ4n) is 1.31. The number of hydrogen-bond donors (Lipinski definition) is 1. The van der Waals surface area contributed by atoms with Crippen molar-refractivity contribution in [2.75, 3.05) is 5.32 Å². The molecule has 0 unspecified atom stereocenters. The third-order valence-corrected chi connectivity index (χ3v) is 3.09. The minimum absolute atomic E-state index is 0.129. The molecule has 0 saturated heterocycles. The first-order valence-corrected chi connectivity index (χ1v) is 5.82. The van der Waals surface area contributed by atoms with Crippen molar-refractivity contribution in [1.29, 1.82) is 0 Å². The molecular weight excluding hydrogens is 224 g/mol. The highest BCUT2D eigenvalue weighted by molar-refractivity contribution is 7.12. The van der Waals surface area contributed by atoms with Gasteiger partial charge < -0.3 is 5.32 Å². The van der Waals surface area contributed by atoms with Gasteiger partial charge in [0.25, 0.3) is 5.91 Å². The molecule has 0 bridgehead atoms. The maximum Gasteiger partial charge on any atom is 0.267 e. The zero-order valence-electron chi connectivity index (χ0n) is 9.10. The maximum absolute atomic E-state index is 11.8. The number of thiazole rings is 1. The minimum Gasteiger partial charge on any atom is -0.319 e. The lowest BCUT2D eigenvalue weighted by atomic mass is 10.3. The van der Waals surface area contributed by atoms with E-state index in [2.05, 4.69) is 15.4 Å². The monoisotopic (exact) mass is 236 g/mol. The predicted molar refractivity (Wildman–Crippen MR) is 62.7 cm³/mol. The van der Waals surface area contributed by atoms with Gasteiger partial charge >= 0.3 is 0 Å². The first-order chi connectivity index (χ1) is 7.70. The van der Waals surface area contributed by atoms with Crippen molar-refractivity contribution < 1.29 is 4.79 Å². The summed E-state index contributed by atoms with van der Waals surface area (Å²) in [5.41, 5.74) is 3.13. The molecule has 16 heavy (non-hydrogen) atoms. The molecule has 0 saturated carbocycles. The quantitative estimate of drug-likeness (QED) is 0.885. The molecule has 2 heterocycles. The normalized spacial score (nSPS) is 10.4. The summed E-state index contributed by atoms with van der Waals surface area (Å²) in [7, 11) is 0. The molecule has 6 heteroatoms. The number of rotatable bonds is 3. The van der Waals surface area contributed by atoms with Crippen LogP contribution < -0.4 is 5.32 Å². The zero-order valence-corrected chi connectivity index (χ0v) is 9.91. The van der Waals surface area contributed by atoms with Gasteiger partial charge in [0.1, 0.15) is 4.88 Å². The van der Waals surface area contributed by atoms with Crippen LogP contribution in [-0.2, 0) is 6.54 Å². The Hall–Kier alpha value is -1.69. The van der Waals surface area contributed by atoms with Crippen LogP contribution >= 0.6 is 11.3 Å². The third kappa shape index (κ3) is 2.11. The van der Waals surface area contributed by atoms with Gasteiger partial charge in [-0.25, -0.2) is 4.98 Å². The minimum atomic E-state index is -0.129. The van der Waals surface area contributed by atoms with Gasteiger partial charge in [-0.1, -0.05) is 0 Å². The molecule has 0 aromatic carbocycles. The van der Waals surface area contributed by atoms with Gasteiger partial charge in [-0.2, -0.15) is 5.10 Å². The molecule has 0 spiro atoms. The molecule has 0 aliphatic carbocycles. The number of nitrogens with one attached hydrogen (secondary N) is 1. The lowest BCUT2D eigenvalue weighted by Gasteiger charge is -1.99. The summed E-state index contributed by atoms with van der Waals surface area (Å²) in [5, 5.41) is 6.87. The van der Waals surface area contributed by atoms with Crippen LogP contribution in [0.4, 0.5) is 5.69 Å². The van der Waals surface area contributed by atoms with E-state index in [1.54, 1.807) is 22.6 Å². The number of aromatic nitrogens is 3. The number of nitrogens with zero attached hydrogens (tertiary/aromatic N) is 3. The van der Waals surface area contributed by atoms with Crippen molar-refractivity contribution in [1.82, 2.24) is 14.8 Å². The van der Waals surface area contributed by atoms with Crippen LogP contribution in [0.25, 0.3) is 0 Å². The Kier molecular flexibility index (Phi) is 3.00. The zero-order chi connectivity index (χ0) is 11.5. The standard InChI is InChI=1S/C10H12N4OS/c1-3-14-5-8(4-12-14)13-10(15)9-7(2)11-6-16-9/h4-6H,3H2,1-2H3,(H,13,15). The van der Waals surface area contributed by atoms with Gasteiger partial charge in [0.05, 0.1) is 23.1 Å². The number of hydrogen-bond acceptors (Lipinski definition) is 4. The molecular formula is C10H12N4OS. The lowest BCUT2D eigenvalue weighted by Crippen LogP contribution is -2.11. The van der Waals surface area contributed by atoms with Crippen molar-refractivity contribution >= 4 is 22.9 Å². The van der Waals surface area contributed by atoms with Crippen LogP contribution in [0.2, 0.25) is 0 Å². The van der Waals surface area contributed by atoms with Gasteiger partial charge in [0.2, 0.25) is 0 Å². The SMILES string of the molecule is CCn1cc(NC(=O)c2scnc2C)cn1. The molecule has 0 radical (unpaired) electrons. The summed E-state index contributed by atoms with van der Waals surface area (Å²) in [6.45, 7) is 4.60.